The van der Waals surface area contributed by atoms with Crippen LogP contribution in [-0.2, 0) is 4.79 Å². The van der Waals surface area contributed by atoms with Gasteiger partial charge in [-0.15, -0.1) is 0 Å². The largest absolute Gasteiger partial charge is 0.481 e. The molecule has 7 nitrogen and oxygen atoms in total. The van der Waals surface area contributed by atoms with E-state index < -0.39 is 5.97 Å². The summed E-state index contributed by atoms with van der Waals surface area (Å²) in [6.45, 7) is 0.580. The number of amides is 1. The number of unbranched alkanes of at least 4 members (excludes halogenated alkanes) is 4. The van der Waals surface area contributed by atoms with Crippen LogP contribution in [0.15, 0.2) is 24.4 Å². The molecule has 0 bridgehead atoms. The average molecular weight is 344 g/mol. The number of benzene rings is 1. The van der Waals surface area contributed by atoms with Crippen LogP contribution < -0.4 is 11.1 Å². The molecule has 0 fully saturated rings. The quantitative estimate of drug-likeness (QED) is 0.257. The molecule has 6 N–H and O–H groups in total. The van der Waals surface area contributed by atoms with Crippen LogP contribution in [0.2, 0.25) is 0 Å². The Morgan fingerprint density at radius 1 is 1.16 bits per heavy atom. The number of aromatic nitrogens is 1. The van der Waals surface area contributed by atoms with Crippen molar-refractivity contribution in [2.75, 3.05) is 6.54 Å². The Bertz CT molecular complexity index is 767. The van der Waals surface area contributed by atoms with Crippen LogP contribution in [0.1, 0.15) is 54.4 Å². The number of fused-ring (bicyclic) bond motifs is 1. The van der Waals surface area contributed by atoms with Crippen LogP contribution in [0.4, 0.5) is 0 Å². The lowest BCUT2D eigenvalue weighted by molar-refractivity contribution is -0.137. The van der Waals surface area contributed by atoms with Gasteiger partial charge in [-0.1, -0.05) is 19.3 Å². The molecule has 0 aliphatic carbocycles. The highest BCUT2D eigenvalue weighted by molar-refractivity contribution is 6.08. The smallest absolute Gasteiger partial charge is 0.303 e. The monoisotopic (exact) mass is 344 g/mol. The molecular formula is C18H24N4O3. The molecule has 1 aromatic carbocycles. The van der Waals surface area contributed by atoms with Crippen LogP contribution in [0.3, 0.4) is 0 Å². The van der Waals surface area contributed by atoms with E-state index in [-0.39, 0.29) is 18.2 Å². The summed E-state index contributed by atoms with van der Waals surface area (Å²) >= 11 is 0. The number of hydrogen-bond acceptors (Lipinski definition) is 3. The standard InChI is InChI=1S/C18H24N4O3/c19-17(20)12-7-8-15-13(10-12)14(11-22-15)18(25)21-9-5-3-1-2-4-6-16(23)24/h7-8,10-11,22H,1-6,9H2,(H3,19,20)(H,21,25)(H,23,24). The minimum absolute atomic E-state index is 0.0302. The zero-order valence-electron chi connectivity index (χ0n) is 14.1. The van der Waals surface area contributed by atoms with E-state index in [4.69, 9.17) is 16.2 Å². The highest BCUT2D eigenvalue weighted by atomic mass is 16.4. The van der Waals surface area contributed by atoms with E-state index in [0.717, 1.165) is 36.6 Å². The maximum absolute atomic E-state index is 12.3. The Labute approximate surface area is 146 Å². The number of carbonyl (C=O) groups is 2. The van der Waals surface area contributed by atoms with E-state index in [1.165, 1.54) is 0 Å². The van der Waals surface area contributed by atoms with Gasteiger partial charge in [0.1, 0.15) is 5.84 Å². The highest BCUT2D eigenvalue weighted by Crippen LogP contribution is 2.19. The molecule has 0 atom stereocenters. The third-order valence-corrected chi connectivity index (χ3v) is 4.09. The molecule has 134 valence electrons. The van der Waals surface area contributed by atoms with Crippen LogP contribution in [0.5, 0.6) is 0 Å². The van der Waals surface area contributed by atoms with Gasteiger partial charge in [0.05, 0.1) is 5.56 Å². The maximum atomic E-state index is 12.3. The zero-order chi connectivity index (χ0) is 18.2. The Morgan fingerprint density at radius 3 is 2.60 bits per heavy atom. The maximum Gasteiger partial charge on any atom is 0.303 e. The summed E-state index contributed by atoms with van der Waals surface area (Å²) in [5, 5.41) is 19.7. The minimum Gasteiger partial charge on any atom is -0.481 e. The second kappa shape index (κ2) is 8.86. The number of carbonyl (C=O) groups excluding carboxylic acids is 1. The normalized spacial score (nSPS) is 10.7. The van der Waals surface area contributed by atoms with Crippen molar-refractivity contribution in [1.82, 2.24) is 10.3 Å². The third kappa shape index (κ3) is 5.34. The van der Waals surface area contributed by atoms with Gasteiger partial charge in [-0.3, -0.25) is 15.0 Å². The molecule has 2 rings (SSSR count). The first-order chi connectivity index (χ1) is 12.0. The summed E-state index contributed by atoms with van der Waals surface area (Å²) in [7, 11) is 0. The number of hydrogen-bond donors (Lipinski definition) is 5. The van der Waals surface area contributed by atoms with Gasteiger partial charge in [-0.25, -0.2) is 0 Å². The molecule has 1 amide bonds. The van der Waals surface area contributed by atoms with Crippen LogP contribution in [-0.4, -0.2) is 34.3 Å². The second-order valence-corrected chi connectivity index (χ2v) is 6.04. The van der Waals surface area contributed by atoms with E-state index in [1.807, 2.05) is 0 Å². The lowest BCUT2D eigenvalue weighted by Gasteiger charge is -2.05. The molecule has 1 heterocycles. The molecule has 0 unspecified atom stereocenters. The number of nitrogen functional groups attached to an aromatic ring is 1. The average Bonchev–Trinajstić information content (AvgIpc) is 2.99. The lowest BCUT2D eigenvalue weighted by Crippen LogP contribution is -2.24. The molecule has 0 radical (unpaired) electrons. The van der Waals surface area contributed by atoms with E-state index in [9.17, 15) is 9.59 Å². The van der Waals surface area contributed by atoms with Crippen molar-refractivity contribution >= 4 is 28.6 Å². The van der Waals surface area contributed by atoms with Gasteiger partial charge < -0.3 is 21.1 Å². The van der Waals surface area contributed by atoms with Gasteiger partial charge >= 0.3 is 5.97 Å². The first-order valence-electron chi connectivity index (χ1n) is 8.44. The molecular weight excluding hydrogens is 320 g/mol. The Balaban J connectivity index is 1.79. The van der Waals surface area contributed by atoms with Crippen molar-refractivity contribution in [1.29, 1.82) is 5.41 Å². The number of nitrogens with one attached hydrogen (secondary N) is 3. The van der Waals surface area contributed by atoms with Crippen molar-refractivity contribution in [3.63, 3.8) is 0 Å². The summed E-state index contributed by atoms with van der Waals surface area (Å²) in [4.78, 5) is 25.8. The predicted molar refractivity (Wildman–Crippen MR) is 97.0 cm³/mol. The number of amidine groups is 1. The van der Waals surface area contributed by atoms with E-state index in [1.54, 1.807) is 24.4 Å². The summed E-state index contributed by atoms with van der Waals surface area (Å²) in [5.74, 6) is -0.936. The first kappa shape index (κ1) is 18.5. The SMILES string of the molecule is N=C(N)c1ccc2[nH]cc(C(=O)NCCCCCCCC(=O)O)c2c1. The number of carboxylic acid groups (broad SMARTS) is 1. The fourth-order valence-corrected chi connectivity index (χ4v) is 2.70. The van der Waals surface area contributed by atoms with Gasteiger partial charge in [0, 0.05) is 35.6 Å². The molecule has 0 aliphatic rings. The summed E-state index contributed by atoms with van der Waals surface area (Å²) < 4.78 is 0. The van der Waals surface area contributed by atoms with Crippen molar-refractivity contribution in [3.05, 3.63) is 35.5 Å². The molecule has 0 saturated carbocycles. The molecule has 0 aliphatic heterocycles. The van der Waals surface area contributed by atoms with Gasteiger partial charge in [0.25, 0.3) is 5.91 Å². The summed E-state index contributed by atoms with van der Waals surface area (Å²) in [6, 6.07) is 5.29. The zero-order valence-corrected chi connectivity index (χ0v) is 14.1. The minimum atomic E-state index is -0.751. The van der Waals surface area contributed by atoms with E-state index >= 15 is 0 Å². The van der Waals surface area contributed by atoms with Crippen molar-refractivity contribution < 1.29 is 14.7 Å². The number of aromatic amines is 1. The Hall–Kier alpha value is -2.83. The Kier molecular flexibility index (Phi) is 6.56. The summed E-state index contributed by atoms with van der Waals surface area (Å²) in [5.41, 5.74) is 7.46. The molecule has 0 saturated heterocycles. The number of H-pyrrole nitrogens is 1. The predicted octanol–water partition coefficient (Wildman–Crippen LogP) is 2.61. The van der Waals surface area contributed by atoms with Crippen molar-refractivity contribution in [3.8, 4) is 0 Å². The number of rotatable bonds is 10. The van der Waals surface area contributed by atoms with Crippen LogP contribution in [0, 0.1) is 5.41 Å². The first-order valence-corrected chi connectivity index (χ1v) is 8.44. The fraction of sp³-hybridized carbons (Fsp3) is 0.389. The van der Waals surface area contributed by atoms with Crippen molar-refractivity contribution in [2.24, 2.45) is 5.73 Å². The van der Waals surface area contributed by atoms with Gasteiger partial charge in [0.2, 0.25) is 0 Å². The van der Waals surface area contributed by atoms with Crippen LogP contribution >= 0.6 is 0 Å². The number of carboxylic acids is 1. The second-order valence-electron chi connectivity index (χ2n) is 6.04. The topological polar surface area (TPSA) is 132 Å². The van der Waals surface area contributed by atoms with Crippen molar-refractivity contribution in [2.45, 2.75) is 38.5 Å². The molecule has 1 aromatic heterocycles. The lowest BCUT2D eigenvalue weighted by atomic mass is 10.1. The van der Waals surface area contributed by atoms with Gasteiger partial charge in [0.15, 0.2) is 0 Å². The van der Waals surface area contributed by atoms with Gasteiger partial charge in [-0.05, 0) is 31.0 Å². The Morgan fingerprint density at radius 2 is 1.88 bits per heavy atom. The van der Waals surface area contributed by atoms with E-state index in [2.05, 4.69) is 10.3 Å². The van der Waals surface area contributed by atoms with E-state index in [0.29, 0.717) is 24.1 Å². The number of aliphatic carboxylic acids is 1. The number of nitrogens with two attached hydrogens (primary N) is 1. The molecule has 7 heteroatoms. The van der Waals surface area contributed by atoms with Gasteiger partial charge in [-0.2, -0.15) is 0 Å². The molecule has 2 aromatic rings. The third-order valence-electron chi connectivity index (χ3n) is 4.09. The fourth-order valence-electron chi connectivity index (χ4n) is 2.70. The van der Waals surface area contributed by atoms with Crippen LogP contribution in [0.25, 0.3) is 10.9 Å². The molecule has 0 spiro atoms. The highest BCUT2D eigenvalue weighted by Gasteiger charge is 2.12. The summed E-state index contributed by atoms with van der Waals surface area (Å²) in [6.07, 6.45) is 6.28. The molecule has 25 heavy (non-hydrogen) atoms.